The molecule has 1 N–H and O–H groups in total. The number of methoxy groups -OCH3 is 1. The van der Waals surface area contributed by atoms with Crippen molar-refractivity contribution in [2.24, 2.45) is 10.9 Å². The average Bonchev–Trinajstić information content (AvgIpc) is 2.61. The number of aliphatic hydroxyl groups is 1. The molecule has 6 heteroatoms. The average molecular weight is 323 g/mol. The second-order valence-corrected chi connectivity index (χ2v) is 5.19. The van der Waals surface area contributed by atoms with Crippen LogP contribution in [0.15, 0.2) is 64.7 Å². The predicted molar refractivity (Wildman–Crippen MR) is 86.2 cm³/mol. The van der Waals surface area contributed by atoms with Crippen molar-refractivity contribution >= 4 is 29.1 Å². The van der Waals surface area contributed by atoms with Gasteiger partial charge in [-0.2, -0.15) is 0 Å². The van der Waals surface area contributed by atoms with E-state index in [-0.39, 0.29) is 11.3 Å². The highest BCUT2D eigenvalue weighted by Gasteiger charge is 2.39. The number of ketones is 1. The first-order valence-electron chi connectivity index (χ1n) is 7.17. The van der Waals surface area contributed by atoms with Gasteiger partial charge in [0.05, 0.1) is 12.8 Å². The van der Waals surface area contributed by atoms with Gasteiger partial charge in [0, 0.05) is 11.1 Å². The molecule has 1 amide bonds. The lowest BCUT2D eigenvalue weighted by atomic mass is 9.84. The Hall–Kier alpha value is -3.28. The van der Waals surface area contributed by atoms with Gasteiger partial charge in [-0.05, 0) is 6.08 Å². The van der Waals surface area contributed by atoms with Gasteiger partial charge in [-0.3, -0.25) is 14.4 Å². The molecule has 0 bridgehead atoms. The van der Waals surface area contributed by atoms with Crippen molar-refractivity contribution in [2.75, 3.05) is 7.11 Å². The third-order valence-electron chi connectivity index (χ3n) is 3.78. The van der Waals surface area contributed by atoms with Crippen LogP contribution in [0.3, 0.4) is 0 Å². The van der Waals surface area contributed by atoms with E-state index < -0.39 is 34.9 Å². The molecule has 3 rings (SSSR count). The first kappa shape index (κ1) is 15.6. The second-order valence-electron chi connectivity index (χ2n) is 5.19. The van der Waals surface area contributed by atoms with E-state index in [0.29, 0.717) is 5.56 Å². The molecule has 0 aromatic heterocycles. The number of aliphatic imine (C=N–C) groups is 1. The number of carbonyl (C=O) groups is 3. The van der Waals surface area contributed by atoms with E-state index in [9.17, 15) is 19.5 Å². The first-order valence-corrected chi connectivity index (χ1v) is 7.17. The van der Waals surface area contributed by atoms with Gasteiger partial charge in [0.1, 0.15) is 17.3 Å². The maximum absolute atomic E-state index is 12.7. The summed E-state index contributed by atoms with van der Waals surface area (Å²) in [5.74, 6) is -3.50. The Balaban J connectivity index is 2.12. The minimum absolute atomic E-state index is 0.0453. The molecule has 24 heavy (non-hydrogen) atoms. The Morgan fingerprint density at radius 3 is 2.58 bits per heavy atom. The van der Waals surface area contributed by atoms with Crippen LogP contribution in [0.4, 0.5) is 0 Å². The molecular weight excluding hydrogens is 310 g/mol. The molecular formula is C18H13NO5. The fourth-order valence-electron chi connectivity index (χ4n) is 2.59. The maximum Gasteiger partial charge on any atom is 0.318 e. The zero-order valence-corrected chi connectivity index (χ0v) is 12.7. The highest BCUT2D eigenvalue weighted by molar-refractivity contribution is 6.45. The molecule has 1 atom stereocenters. The van der Waals surface area contributed by atoms with Crippen LogP contribution in [0.25, 0.3) is 5.76 Å². The van der Waals surface area contributed by atoms with Crippen LogP contribution < -0.4 is 0 Å². The predicted octanol–water partition coefficient (Wildman–Crippen LogP) is 1.79. The third-order valence-corrected chi connectivity index (χ3v) is 3.78. The standard InChI is InChI=1S/C18H13NO5/c1-24-18(23)12-9-5-8-11-14(12)19-17(22)13(16(11)21)15(20)10-6-3-2-4-7-10/h2-9,12,20H,1H3/b15-13+. The first-order chi connectivity index (χ1) is 11.5. The Bertz CT molecular complexity index is 859. The largest absolute Gasteiger partial charge is 0.506 e. The summed E-state index contributed by atoms with van der Waals surface area (Å²) in [6, 6.07) is 8.25. The fourth-order valence-corrected chi connectivity index (χ4v) is 2.59. The molecule has 0 fully saturated rings. The number of carbonyl (C=O) groups excluding carboxylic acids is 3. The Morgan fingerprint density at radius 2 is 1.92 bits per heavy atom. The van der Waals surface area contributed by atoms with E-state index >= 15 is 0 Å². The quantitative estimate of drug-likeness (QED) is 0.388. The van der Waals surface area contributed by atoms with Gasteiger partial charge >= 0.3 is 5.97 Å². The van der Waals surface area contributed by atoms with Crippen LogP contribution in [0.2, 0.25) is 0 Å². The van der Waals surface area contributed by atoms with E-state index in [1.54, 1.807) is 30.3 Å². The third kappa shape index (κ3) is 2.48. The van der Waals surface area contributed by atoms with Crippen LogP contribution >= 0.6 is 0 Å². The lowest BCUT2D eigenvalue weighted by Crippen LogP contribution is -2.35. The molecule has 0 saturated carbocycles. The number of amides is 1. The van der Waals surface area contributed by atoms with Crippen molar-refractivity contribution in [3.05, 3.63) is 65.3 Å². The van der Waals surface area contributed by atoms with Crippen molar-refractivity contribution in [2.45, 2.75) is 0 Å². The summed E-state index contributed by atoms with van der Waals surface area (Å²) < 4.78 is 4.67. The molecule has 1 aliphatic carbocycles. The lowest BCUT2D eigenvalue weighted by molar-refractivity contribution is -0.141. The SMILES string of the molecule is COC(=O)C1C=CC=C2C(=O)/C(=C(\O)c3ccccc3)C(=O)N=C21. The molecule has 120 valence electrons. The van der Waals surface area contributed by atoms with Crippen LogP contribution in [0.1, 0.15) is 5.56 Å². The van der Waals surface area contributed by atoms with Crippen molar-refractivity contribution in [3.8, 4) is 0 Å². The molecule has 1 aliphatic heterocycles. The van der Waals surface area contributed by atoms with Gasteiger partial charge in [0.15, 0.2) is 0 Å². The van der Waals surface area contributed by atoms with Crippen LogP contribution in [-0.4, -0.2) is 35.6 Å². The number of Topliss-reactive ketones (excluding diaryl/α,β-unsaturated/α-hetero) is 1. The minimum Gasteiger partial charge on any atom is -0.506 e. The van der Waals surface area contributed by atoms with Crippen LogP contribution in [0, 0.1) is 5.92 Å². The molecule has 0 radical (unpaired) electrons. The van der Waals surface area contributed by atoms with Crippen molar-refractivity contribution in [1.29, 1.82) is 0 Å². The molecule has 1 aromatic carbocycles. The van der Waals surface area contributed by atoms with Crippen LogP contribution in [0.5, 0.6) is 0 Å². The Kier molecular flexibility index (Phi) is 3.95. The number of fused-ring (bicyclic) bond motifs is 1. The summed E-state index contributed by atoms with van der Waals surface area (Å²) >= 11 is 0. The van der Waals surface area contributed by atoms with Crippen molar-refractivity contribution < 1.29 is 24.2 Å². The number of aliphatic hydroxyl groups excluding tert-OH is 1. The minimum atomic E-state index is -0.914. The highest BCUT2D eigenvalue weighted by Crippen LogP contribution is 2.29. The number of hydrogen-bond acceptors (Lipinski definition) is 5. The summed E-state index contributed by atoms with van der Waals surface area (Å²) in [7, 11) is 1.22. The van der Waals surface area contributed by atoms with Gasteiger partial charge in [-0.25, -0.2) is 4.99 Å². The van der Waals surface area contributed by atoms with Gasteiger partial charge in [-0.1, -0.05) is 42.5 Å². The molecule has 2 aliphatic rings. The zero-order valence-electron chi connectivity index (χ0n) is 12.7. The fraction of sp³-hybridized carbons (Fsp3) is 0.111. The number of rotatable bonds is 2. The normalized spacial score (nSPS) is 21.6. The molecule has 1 heterocycles. The van der Waals surface area contributed by atoms with Gasteiger partial charge in [0.2, 0.25) is 5.78 Å². The van der Waals surface area contributed by atoms with Crippen molar-refractivity contribution in [3.63, 3.8) is 0 Å². The Morgan fingerprint density at radius 1 is 1.21 bits per heavy atom. The van der Waals surface area contributed by atoms with E-state index in [1.165, 1.54) is 25.3 Å². The molecule has 1 unspecified atom stereocenters. The molecule has 6 nitrogen and oxygen atoms in total. The monoisotopic (exact) mass is 323 g/mol. The topological polar surface area (TPSA) is 93.0 Å². The summed E-state index contributed by atoms with van der Waals surface area (Å²) in [5, 5.41) is 10.3. The maximum atomic E-state index is 12.7. The zero-order chi connectivity index (χ0) is 17.3. The van der Waals surface area contributed by atoms with E-state index in [0.717, 1.165) is 0 Å². The highest BCUT2D eigenvalue weighted by atomic mass is 16.5. The number of nitrogens with zero attached hydrogens (tertiary/aromatic N) is 1. The van der Waals surface area contributed by atoms with Gasteiger partial charge in [0.25, 0.3) is 5.91 Å². The number of ether oxygens (including phenoxy) is 1. The van der Waals surface area contributed by atoms with Gasteiger partial charge < -0.3 is 9.84 Å². The summed E-state index contributed by atoms with van der Waals surface area (Å²) in [6.45, 7) is 0. The second kappa shape index (κ2) is 6.08. The van der Waals surface area contributed by atoms with E-state index in [2.05, 4.69) is 9.73 Å². The van der Waals surface area contributed by atoms with E-state index in [1.807, 2.05) is 0 Å². The summed E-state index contributed by atoms with van der Waals surface area (Å²) in [6.07, 6.45) is 4.49. The number of hydrogen-bond donors (Lipinski definition) is 1. The number of benzene rings is 1. The summed E-state index contributed by atoms with van der Waals surface area (Å²) in [4.78, 5) is 40.6. The molecule has 0 spiro atoms. The summed E-state index contributed by atoms with van der Waals surface area (Å²) in [5.41, 5.74) is 0.0772. The van der Waals surface area contributed by atoms with Crippen molar-refractivity contribution in [1.82, 2.24) is 0 Å². The van der Waals surface area contributed by atoms with Gasteiger partial charge in [-0.15, -0.1) is 0 Å². The lowest BCUT2D eigenvalue weighted by Gasteiger charge is -2.23. The number of esters is 1. The molecule has 0 saturated heterocycles. The molecule has 1 aromatic rings. The smallest absolute Gasteiger partial charge is 0.318 e. The van der Waals surface area contributed by atoms with E-state index in [4.69, 9.17) is 0 Å². The Labute approximate surface area is 137 Å². The van der Waals surface area contributed by atoms with Crippen LogP contribution in [-0.2, 0) is 19.1 Å². The number of allylic oxidation sites excluding steroid dienone is 3.